The number of rotatable bonds is 8. The SMILES string of the molecule is COc1ccc(CN(C)C(=O)CCCc2nc(C(C)(C)C)no2)c(OC)c1. The number of ether oxygens (including phenoxy) is 2. The lowest BCUT2D eigenvalue weighted by Gasteiger charge is -2.19. The van der Waals surface area contributed by atoms with Gasteiger partial charge in [-0.2, -0.15) is 4.98 Å². The van der Waals surface area contributed by atoms with Crippen molar-refractivity contribution in [1.29, 1.82) is 0 Å². The second-order valence-electron chi connectivity index (χ2n) is 7.54. The maximum Gasteiger partial charge on any atom is 0.226 e. The van der Waals surface area contributed by atoms with Crippen LogP contribution in [0.5, 0.6) is 11.5 Å². The molecule has 2 rings (SSSR count). The summed E-state index contributed by atoms with van der Waals surface area (Å²) < 4.78 is 15.9. The lowest BCUT2D eigenvalue weighted by atomic mass is 9.96. The Morgan fingerprint density at radius 3 is 2.56 bits per heavy atom. The second kappa shape index (κ2) is 8.88. The van der Waals surface area contributed by atoms with Gasteiger partial charge in [0.05, 0.1) is 14.2 Å². The van der Waals surface area contributed by atoms with E-state index in [9.17, 15) is 4.79 Å². The molecular weight excluding hydrogens is 346 g/mol. The maximum absolute atomic E-state index is 12.4. The van der Waals surface area contributed by atoms with Crippen LogP contribution in [0.4, 0.5) is 0 Å². The van der Waals surface area contributed by atoms with Gasteiger partial charge in [-0.25, -0.2) is 0 Å². The quantitative estimate of drug-likeness (QED) is 0.704. The molecule has 27 heavy (non-hydrogen) atoms. The zero-order chi connectivity index (χ0) is 20.0. The van der Waals surface area contributed by atoms with Crippen molar-refractivity contribution in [3.8, 4) is 11.5 Å². The first-order valence-corrected chi connectivity index (χ1v) is 9.02. The van der Waals surface area contributed by atoms with Crippen LogP contribution in [0, 0.1) is 0 Å². The molecule has 2 aromatic rings. The molecule has 0 saturated carbocycles. The number of hydrogen-bond acceptors (Lipinski definition) is 6. The molecule has 0 bridgehead atoms. The van der Waals surface area contributed by atoms with E-state index < -0.39 is 0 Å². The Hall–Kier alpha value is -2.57. The minimum Gasteiger partial charge on any atom is -0.497 e. The molecule has 0 saturated heterocycles. The van der Waals surface area contributed by atoms with Gasteiger partial charge in [-0.05, 0) is 18.6 Å². The van der Waals surface area contributed by atoms with E-state index in [0.717, 1.165) is 11.3 Å². The number of methoxy groups -OCH3 is 2. The predicted octanol–water partition coefficient (Wildman–Crippen LogP) is 3.37. The molecule has 0 fully saturated rings. The number of hydrogen-bond donors (Lipinski definition) is 0. The molecule has 1 heterocycles. The van der Waals surface area contributed by atoms with Crippen LogP contribution in [0.2, 0.25) is 0 Å². The van der Waals surface area contributed by atoms with E-state index >= 15 is 0 Å². The Bertz CT molecular complexity index is 765. The van der Waals surface area contributed by atoms with Gasteiger partial charge >= 0.3 is 0 Å². The molecular formula is C20H29N3O4. The average molecular weight is 375 g/mol. The number of carbonyl (C=O) groups is 1. The summed E-state index contributed by atoms with van der Waals surface area (Å²) in [6, 6.07) is 5.59. The highest BCUT2D eigenvalue weighted by Crippen LogP contribution is 2.25. The van der Waals surface area contributed by atoms with Crippen molar-refractivity contribution in [2.24, 2.45) is 0 Å². The second-order valence-corrected chi connectivity index (χ2v) is 7.54. The first-order chi connectivity index (χ1) is 12.7. The fraction of sp³-hybridized carbons (Fsp3) is 0.550. The van der Waals surface area contributed by atoms with Gasteiger partial charge in [0.25, 0.3) is 0 Å². The van der Waals surface area contributed by atoms with Gasteiger partial charge in [0, 0.05) is 43.5 Å². The predicted molar refractivity (Wildman–Crippen MR) is 102 cm³/mol. The summed E-state index contributed by atoms with van der Waals surface area (Å²) in [6.45, 7) is 6.58. The Labute approximate surface area is 160 Å². The van der Waals surface area contributed by atoms with Crippen molar-refractivity contribution >= 4 is 5.91 Å². The molecule has 0 radical (unpaired) electrons. The third-order valence-corrected chi connectivity index (χ3v) is 4.25. The molecule has 0 aliphatic carbocycles. The number of nitrogens with zero attached hydrogens (tertiary/aromatic N) is 3. The third kappa shape index (κ3) is 5.70. The summed E-state index contributed by atoms with van der Waals surface area (Å²) in [5.74, 6) is 2.75. The zero-order valence-corrected chi connectivity index (χ0v) is 17.0. The van der Waals surface area contributed by atoms with E-state index in [4.69, 9.17) is 14.0 Å². The summed E-state index contributed by atoms with van der Waals surface area (Å²) in [5.41, 5.74) is 0.788. The van der Waals surface area contributed by atoms with E-state index in [0.29, 0.717) is 43.3 Å². The highest BCUT2D eigenvalue weighted by atomic mass is 16.5. The average Bonchev–Trinajstić information content (AvgIpc) is 3.11. The minimum absolute atomic E-state index is 0.0587. The van der Waals surface area contributed by atoms with Crippen molar-refractivity contribution in [3.63, 3.8) is 0 Å². The van der Waals surface area contributed by atoms with Crippen molar-refractivity contribution < 1.29 is 18.8 Å². The Kier molecular flexibility index (Phi) is 6.82. The summed E-state index contributed by atoms with van der Waals surface area (Å²) in [4.78, 5) is 18.5. The number of benzene rings is 1. The van der Waals surface area contributed by atoms with Gasteiger partial charge in [0.2, 0.25) is 11.8 Å². The molecule has 0 atom stereocenters. The van der Waals surface area contributed by atoms with Crippen LogP contribution >= 0.6 is 0 Å². The van der Waals surface area contributed by atoms with Crippen molar-refractivity contribution in [2.75, 3.05) is 21.3 Å². The molecule has 0 aliphatic heterocycles. The number of aromatic nitrogens is 2. The van der Waals surface area contributed by atoms with Gasteiger partial charge < -0.3 is 18.9 Å². The smallest absolute Gasteiger partial charge is 0.226 e. The normalized spacial score (nSPS) is 11.3. The lowest BCUT2D eigenvalue weighted by Crippen LogP contribution is -2.26. The number of amides is 1. The Morgan fingerprint density at radius 1 is 1.22 bits per heavy atom. The summed E-state index contributed by atoms with van der Waals surface area (Å²) in [6.07, 6.45) is 1.67. The van der Waals surface area contributed by atoms with E-state index in [1.54, 1.807) is 26.2 Å². The molecule has 7 nitrogen and oxygen atoms in total. The van der Waals surface area contributed by atoms with E-state index in [2.05, 4.69) is 10.1 Å². The third-order valence-electron chi connectivity index (χ3n) is 4.25. The lowest BCUT2D eigenvalue weighted by molar-refractivity contribution is -0.130. The van der Waals surface area contributed by atoms with E-state index in [-0.39, 0.29) is 11.3 Å². The van der Waals surface area contributed by atoms with Gasteiger partial charge in [-0.3, -0.25) is 4.79 Å². The molecule has 1 aromatic carbocycles. The van der Waals surface area contributed by atoms with Gasteiger partial charge in [0.15, 0.2) is 5.82 Å². The molecule has 148 valence electrons. The van der Waals surface area contributed by atoms with Crippen LogP contribution in [-0.4, -0.2) is 42.2 Å². The molecule has 0 spiro atoms. The summed E-state index contributed by atoms with van der Waals surface area (Å²) in [5, 5.41) is 4.00. The maximum atomic E-state index is 12.4. The van der Waals surface area contributed by atoms with Crippen molar-refractivity contribution in [1.82, 2.24) is 15.0 Å². The first-order valence-electron chi connectivity index (χ1n) is 9.02. The largest absolute Gasteiger partial charge is 0.497 e. The Balaban J connectivity index is 1.86. The summed E-state index contributed by atoms with van der Waals surface area (Å²) in [7, 11) is 5.00. The van der Waals surface area contributed by atoms with Crippen LogP contribution in [0.25, 0.3) is 0 Å². The standard InChI is InChI=1S/C20H29N3O4/c1-20(2,3)19-21-17(27-22-19)8-7-9-18(24)23(4)13-14-10-11-15(25-5)12-16(14)26-6/h10-12H,7-9,13H2,1-6H3. The van der Waals surface area contributed by atoms with Crippen LogP contribution < -0.4 is 9.47 Å². The Morgan fingerprint density at radius 2 is 1.96 bits per heavy atom. The van der Waals surface area contributed by atoms with Gasteiger partial charge in [0.1, 0.15) is 11.5 Å². The topological polar surface area (TPSA) is 77.7 Å². The number of aryl methyl sites for hydroxylation is 1. The monoisotopic (exact) mass is 375 g/mol. The fourth-order valence-corrected chi connectivity index (χ4v) is 2.57. The van der Waals surface area contributed by atoms with Gasteiger partial charge in [-0.1, -0.05) is 25.9 Å². The number of carbonyl (C=O) groups excluding carboxylic acids is 1. The van der Waals surface area contributed by atoms with Crippen LogP contribution in [0.1, 0.15) is 50.9 Å². The fourth-order valence-electron chi connectivity index (χ4n) is 2.57. The molecule has 7 heteroatoms. The zero-order valence-electron chi connectivity index (χ0n) is 17.0. The molecule has 0 aliphatic rings. The summed E-state index contributed by atoms with van der Waals surface area (Å²) >= 11 is 0. The van der Waals surface area contributed by atoms with Crippen LogP contribution in [0.15, 0.2) is 22.7 Å². The van der Waals surface area contributed by atoms with E-state index in [1.807, 2.05) is 39.0 Å². The first kappa shape index (κ1) is 20.7. The van der Waals surface area contributed by atoms with Crippen molar-refractivity contribution in [3.05, 3.63) is 35.5 Å². The van der Waals surface area contributed by atoms with Crippen LogP contribution in [0.3, 0.4) is 0 Å². The highest BCUT2D eigenvalue weighted by molar-refractivity contribution is 5.75. The molecule has 1 aromatic heterocycles. The van der Waals surface area contributed by atoms with Crippen LogP contribution in [-0.2, 0) is 23.2 Å². The highest BCUT2D eigenvalue weighted by Gasteiger charge is 2.21. The van der Waals surface area contributed by atoms with Crippen molar-refractivity contribution in [2.45, 2.75) is 52.0 Å². The minimum atomic E-state index is -0.144. The molecule has 1 amide bonds. The molecule has 0 N–H and O–H groups in total. The van der Waals surface area contributed by atoms with E-state index in [1.165, 1.54) is 0 Å². The van der Waals surface area contributed by atoms with Gasteiger partial charge in [-0.15, -0.1) is 0 Å². The molecule has 0 unspecified atom stereocenters.